The molecule has 0 spiro atoms. The molecule has 2 fully saturated rings. The highest BCUT2D eigenvalue weighted by Gasteiger charge is 2.25. The minimum absolute atomic E-state index is 0.279. The fourth-order valence-electron chi connectivity index (χ4n) is 3.72. The van der Waals surface area contributed by atoms with Crippen molar-refractivity contribution in [2.75, 3.05) is 31.1 Å². The van der Waals surface area contributed by atoms with Gasteiger partial charge >= 0.3 is 0 Å². The first-order chi connectivity index (χ1) is 14.9. The van der Waals surface area contributed by atoms with Crippen molar-refractivity contribution in [3.05, 3.63) is 46.9 Å². The number of aromatic nitrogens is 2. The third-order valence-electron chi connectivity index (χ3n) is 5.41. The Bertz CT molecular complexity index is 1040. The Hall–Kier alpha value is -2.78. The molecule has 31 heavy (non-hydrogen) atoms. The molecule has 1 aromatic carbocycles. The second-order valence-electron chi connectivity index (χ2n) is 7.82. The summed E-state index contributed by atoms with van der Waals surface area (Å²) in [5.74, 6) is -0.142. The summed E-state index contributed by atoms with van der Waals surface area (Å²) < 4.78 is 14.6. The average molecular weight is 442 g/mol. The van der Waals surface area contributed by atoms with Gasteiger partial charge in [0.05, 0.1) is 23.0 Å². The quantitative estimate of drug-likeness (QED) is 0.727. The summed E-state index contributed by atoms with van der Waals surface area (Å²) in [6.07, 6.45) is 5.85. The van der Waals surface area contributed by atoms with Crippen molar-refractivity contribution in [1.82, 2.24) is 20.2 Å². The van der Waals surface area contributed by atoms with Crippen LogP contribution in [0, 0.1) is 5.82 Å². The van der Waals surface area contributed by atoms with E-state index in [2.05, 4.69) is 38.9 Å². The predicted molar refractivity (Wildman–Crippen MR) is 120 cm³/mol. The lowest BCUT2D eigenvalue weighted by Crippen LogP contribution is -2.35. The van der Waals surface area contributed by atoms with Crippen LogP contribution in [0.1, 0.15) is 25.8 Å². The highest BCUT2D eigenvalue weighted by atomic mass is 32.2. The average Bonchev–Trinajstić information content (AvgIpc) is 2.94. The highest BCUT2D eigenvalue weighted by Crippen LogP contribution is 2.29. The summed E-state index contributed by atoms with van der Waals surface area (Å²) in [6, 6.07) is 5.02. The molecule has 3 heterocycles. The Morgan fingerprint density at radius 2 is 2.00 bits per heavy atom. The molecule has 2 saturated heterocycles. The number of benzene rings is 1. The lowest BCUT2D eigenvalue weighted by atomic mass is 10.1. The molecule has 0 saturated carbocycles. The van der Waals surface area contributed by atoms with E-state index in [1.165, 1.54) is 12.3 Å². The molecule has 2 aliphatic rings. The maximum Gasteiger partial charge on any atom is 0.290 e. The molecule has 2 aliphatic heterocycles. The summed E-state index contributed by atoms with van der Waals surface area (Å²) in [4.78, 5) is 37.1. The Morgan fingerprint density at radius 3 is 2.74 bits per heavy atom. The summed E-state index contributed by atoms with van der Waals surface area (Å²) in [6.45, 7) is 8.09. The molecule has 0 bridgehead atoms. The maximum absolute atomic E-state index is 14.6. The zero-order valence-electron chi connectivity index (χ0n) is 17.5. The molecule has 2 amide bonds. The van der Waals surface area contributed by atoms with E-state index in [1.54, 1.807) is 24.4 Å². The number of anilines is 1. The molecule has 0 aliphatic carbocycles. The zero-order chi connectivity index (χ0) is 22.0. The van der Waals surface area contributed by atoms with Crippen LogP contribution in [-0.4, -0.2) is 58.2 Å². The number of thioether (sulfide) groups is 1. The molecule has 7 nitrogen and oxygen atoms in total. The normalized spacial score (nSPS) is 19.2. The third kappa shape index (κ3) is 4.94. The first kappa shape index (κ1) is 21.5. The minimum Gasteiger partial charge on any atom is -0.354 e. The monoisotopic (exact) mass is 441 g/mol. The van der Waals surface area contributed by atoms with Gasteiger partial charge in [-0.1, -0.05) is 6.07 Å². The van der Waals surface area contributed by atoms with Gasteiger partial charge in [-0.3, -0.25) is 24.8 Å². The molecule has 0 radical (unpaired) electrons. The number of imide groups is 1. The third-order valence-corrected chi connectivity index (χ3v) is 6.22. The number of amides is 2. The van der Waals surface area contributed by atoms with E-state index in [-0.39, 0.29) is 4.91 Å². The van der Waals surface area contributed by atoms with Gasteiger partial charge in [0.1, 0.15) is 11.6 Å². The second kappa shape index (κ2) is 9.15. The van der Waals surface area contributed by atoms with Crippen molar-refractivity contribution in [3.63, 3.8) is 0 Å². The molecule has 0 unspecified atom stereocenters. The van der Waals surface area contributed by atoms with Crippen molar-refractivity contribution < 1.29 is 14.0 Å². The number of hydrogen-bond donors (Lipinski definition) is 1. The van der Waals surface area contributed by atoms with Crippen LogP contribution in [0.25, 0.3) is 17.3 Å². The minimum atomic E-state index is -0.445. The van der Waals surface area contributed by atoms with Gasteiger partial charge in [0, 0.05) is 37.8 Å². The van der Waals surface area contributed by atoms with Gasteiger partial charge in [-0.25, -0.2) is 9.37 Å². The Balaban J connectivity index is 1.60. The number of carbonyl (C=O) groups excluding carboxylic acids is 2. The summed E-state index contributed by atoms with van der Waals surface area (Å²) in [5.41, 5.74) is 1.34. The smallest absolute Gasteiger partial charge is 0.290 e. The molecule has 2 aromatic rings. The summed E-state index contributed by atoms with van der Waals surface area (Å²) in [7, 11) is 0. The van der Waals surface area contributed by atoms with Gasteiger partial charge in [0.2, 0.25) is 0 Å². The van der Waals surface area contributed by atoms with E-state index in [0.29, 0.717) is 22.9 Å². The molecule has 0 atom stereocenters. The molecular formula is C22H24FN5O2S. The molecule has 1 N–H and O–H groups in total. The largest absolute Gasteiger partial charge is 0.354 e. The molecule has 9 heteroatoms. The second-order valence-corrected chi connectivity index (χ2v) is 8.84. The van der Waals surface area contributed by atoms with Gasteiger partial charge in [-0.15, -0.1) is 0 Å². The van der Waals surface area contributed by atoms with Crippen LogP contribution in [0.3, 0.4) is 0 Å². The Kier molecular flexibility index (Phi) is 6.33. The Labute approximate surface area is 184 Å². The molecular weight excluding hydrogens is 417 g/mol. The van der Waals surface area contributed by atoms with Gasteiger partial charge in [0.15, 0.2) is 0 Å². The lowest BCUT2D eigenvalue weighted by molar-refractivity contribution is -0.115. The van der Waals surface area contributed by atoms with Crippen molar-refractivity contribution in [2.45, 2.75) is 26.3 Å². The van der Waals surface area contributed by atoms with Crippen molar-refractivity contribution in [3.8, 4) is 11.3 Å². The lowest BCUT2D eigenvalue weighted by Gasteiger charge is -2.25. The fourth-order valence-corrected chi connectivity index (χ4v) is 4.40. The van der Waals surface area contributed by atoms with Crippen LogP contribution in [0.2, 0.25) is 0 Å². The van der Waals surface area contributed by atoms with Crippen LogP contribution in [0.5, 0.6) is 0 Å². The van der Waals surface area contributed by atoms with E-state index in [0.717, 1.165) is 50.2 Å². The fraction of sp³-hybridized carbons (Fsp3) is 0.364. The van der Waals surface area contributed by atoms with E-state index in [9.17, 15) is 14.0 Å². The summed E-state index contributed by atoms with van der Waals surface area (Å²) >= 11 is 0.829. The summed E-state index contributed by atoms with van der Waals surface area (Å²) in [5, 5.41) is 1.80. The van der Waals surface area contributed by atoms with Gasteiger partial charge in [0.25, 0.3) is 11.1 Å². The molecule has 1 aromatic heterocycles. The topological polar surface area (TPSA) is 78.4 Å². The first-order valence-corrected chi connectivity index (χ1v) is 11.1. The highest BCUT2D eigenvalue weighted by molar-refractivity contribution is 8.18. The van der Waals surface area contributed by atoms with E-state index >= 15 is 0 Å². The van der Waals surface area contributed by atoms with Crippen LogP contribution in [0.15, 0.2) is 35.5 Å². The van der Waals surface area contributed by atoms with Crippen LogP contribution in [-0.2, 0) is 4.79 Å². The standard InChI is InChI=1S/C22H24FN5O2S/c1-14(2)27-6-3-7-28(9-8-27)20-13-24-12-18(25-20)16-10-15(4-5-17(16)23)11-19-21(29)26-22(30)31-19/h4-5,10-14H,3,6-9H2,1-2H3,(H,26,29,30)/b19-11-. The van der Waals surface area contributed by atoms with E-state index < -0.39 is 17.0 Å². The van der Waals surface area contributed by atoms with Crippen LogP contribution < -0.4 is 10.2 Å². The van der Waals surface area contributed by atoms with Crippen LogP contribution >= 0.6 is 11.8 Å². The number of carbonyl (C=O) groups is 2. The van der Waals surface area contributed by atoms with Gasteiger partial charge in [-0.2, -0.15) is 0 Å². The number of nitrogens with zero attached hydrogens (tertiary/aromatic N) is 4. The van der Waals surface area contributed by atoms with Crippen molar-refractivity contribution in [1.29, 1.82) is 0 Å². The van der Waals surface area contributed by atoms with Gasteiger partial charge in [-0.05, 0) is 55.8 Å². The van der Waals surface area contributed by atoms with Gasteiger partial charge < -0.3 is 4.90 Å². The van der Waals surface area contributed by atoms with Crippen molar-refractivity contribution in [2.24, 2.45) is 0 Å². The number of nitrogens with one attached hydrogen (secondary N) is 1. The number of halogens is 1. The number of rotatable bonds is 4. The maximum atomic E-state index is 14.6. The Morgan fingerprint density at radius 1 is 1.16 bits per heavy atom. The van der Waals surface area contributed by atoms with Crippen LogP contribution in [0.4, 0.5) is 15.0 Å². The number of hydrogen-bond acceptors (Lipinski definition) is 7. The molecule has 4 rings (SSSR count). The van der Waals surface area contributed by atoms with Crippen molar-refractivity contribution >= 4 is 34.8 Å². The zero-order valence-corrected chi connectivity index (χ0v) is 18.3. The SMILES string of the molecule is CC(C)N1CCCN(c2cncc(-c3cc(/C=C4\SC(=O)NC4=O)ccc3F)n2)CC1. The van der Waals surface area contributed by atoms with E-state index in [4.69, 9.17) is 0 Å². The molecule has 162 valence electrons. The van der Waals surface area contributed by atoms with E-state index in [1.807, 2.05) is 0 Å². The predicted octanol–water partition coefficient (Wildman–Crippen LogP) is 3.53. The first-order valence-electron chi connectivity index (χ1n) is 10.3.